The van der Waals surface area contributed by atoms with E-state index in [0.717, 1.165) is 67.2 Å². The van der Waals surface area contributed by atoms with Gasteiger partial charge in [0.1, 0.15) is 11.9 Å². The van der Waals surface area contributed by atoms with E-state index < -0.39 is 6.04 Å². The van der Waals surface area contributed by atoms with Crippen LogP contribution in [-0.4, -0.2) is 59.8 Å². The highest BCUT2D eigenvalue weighted by Gasteiger charge is 2.45. The molecular formula is C35H46ClN5O2. The van der Waals surface area contributed by atoms with Crippen molar-refractivity contribution in [3.8, 4) is 0 Å². The topological polar surface area (TPSA) is 77.6 Å². The number of aryl methyl sites for hydroxylation is 3. The van der Waals surface area contributed by atoms with Crippen LogP contribution in [0, 0.1) is 13.8 Å². The minimum Gasteiger partial charge on any atom is -0.323 e. The van der Waals surface area contributed by atoms with Crippen molar-refractivity contribution >= 4 is 29.2 Å². The molecule has 0 radical (unpaired) electrons. The molecule has 7 nitrogen and oxygen atoms in total. The molecule has 0 bridgehead atoms. The molecule has 2 aromatic carbocycles. The van der Waals surface area contributed by atoms with Crippen LogP contribution < -0.4 is 10.6 Å². The number of likely N-dealkylation sites (tertiary alicyclic amines) is 1. The lowest BCUT2D eigenvalue weighted by Crippen LogP contribution is -2.48. The largest absolute Gasteiger partial charge is 0.323 e. The number of piperidine rings is 1. The second-order valence-electron chi connectivity index (χ2n) is 11.7. The number of benzene rings is 2. The van der Waals surface area contributed by atoms with E-state index in [4.69, 9.17) is 11.6 Å². The number of carbonyl (C=O) groups excluding carboxylic acids is 2. The van der Waals surface area contributed by atoms with E-state index >= 15 is 0 Å². The summed E-state index contributed by atoms with van der Waals surface area (Å²) in [5, 5.41) is 6.61. The van der Waals surface area contributed by atoms with Gasteiger partial charge in [-0.25, -0.2) is 4.98 Å². The van der Waals surface area contributed by atoms with Crippen molar-refractivity contribution in [2.45, 2.75) is 77.9 Å². The number of halogens is 1. The van der Waals surface area contributed by atoms with Gasteiger partial charge in [0.05, 0.1) is 0 Å². The van der Waals surface area contributed by atoms with Gasteiger partial charge in [-0.2, -0.15) is 0 Å². The van der Waals surface area contributed by atoms with E-state index in [-0.39, 0.29) is 17.9 Å². The number of nitrogens with one attached hydrogen (secondary N) is 2. The van der Waals surface area contributed by atoms with Gasteiger partial charge in [-0.1, -0.05) is 61.7 Å². The van der Waals surface area contributed by atoms with Crippen LogP contribution in [0.25, 0.3) is 0 Å². The summed E-state index contributed by atoms with van der Waals surface area (Å²) in [7, 11) is 3.75. The van der Waals surface area contributed by atoms with Gasteiger partial charge in [0, 0.05) is 42.0 Å². The molecule has 1 saturated heterocycles. The Morgan fingerprint density at radius 3 is 2.42 bits per heavy atom. The van der Waals surface area contributed by atoms with Crippen molar-refractivity contribution in [2.24, 2.45) is 0 Å². The van der Waals surface area contributed by atoms with E-state index in [1.54, 1.807) is 0 Å². The lowest BCUT2D eigenvalue weighted by Gasteiger charge is -2.39. The molecule has 1 fully saturated rings. The fourth-order valence-corrected chi connectivity index (χ4v) is 6.24. The first-order valence-electron chi connectivity index (χ1n) is 15.5. The predicted octanol–water partition coefficient (Wildman–Crippen LogP) is 6.72. The summed E-state index contributed by atoms with van der Waals surface area (Å²) in [6.45, 7) is 8.75. The van der Waals surface area contributed by atoms with Gasteiger partial charge >= 0.3 is 0 Å². The number of hydrogen-bond donors (Lipinski definition) is 2. The lowest BCUT2D eigenvalue weighted by atomic mass is 9.99. The van der Waals surface area contributed by atoms with Crippen molar-refractivity contribution < 1.29 is 9.59 Å². The Labute approximate surface area is 262 Å². The quantitative estimate of drug-likeness (QED) is 0.266. The molecule has 2 N–H and O–H groups in total. The van der Waals surface area contributed by atoms with Crippen LogP contribution >= 0.6 is 11.6 Å². The molecule has 0 spiro atoms. The summed E-state index contributed by atoms with van der Waals surface area (Å²) >= 11 is 6.21. The number of rotatable bonds is 9. The molecule has 3 heterocycles. The van der Waals surface area contributed by atoms with E-state index in [0.29, 0.717) is 11.4 Å². The van der Waals surface area contributed by atoms with Crippen molar-refractivity contribution in [1.82, 2.24) is 20.1 Å². The molecule has 1 atom stereocenters. The molecule has 2 amide bonds. The smallest absolute Gasteiger partial charge is 0.255 e. The fourth-order valence-electron chi connectivity index (χ4n) is 6.12. The molecule has 3 aromatic rings. The van der Waals surface area contributed by atoms with Crippen molar-refractivity contribution in [1.29, 1.82) is 0 Å². The van der Waals surface area contributed by atoms with Gasteiger partial charge in [-0.05, 0) is 100 Å². The lowest BCUT2D eigenvalue weighted by molar-refractivity contribution is -0.121. The molecule has 8 heteroatoms. The molecule has 230 valence electrons. The average molecular weight is 604 g/mol. The Kier molecular flexibility index (Phi) is 11.7. The highest BCUT2D eigenvalue weighted by Crippen LogP contribution is 2.38. The first kappa shape index (κ1) is 32.6. The Hall–Kier alpha value is -3.26. The Morgan fingerprint density at radius 2 is 1.72 bits per heavy atom. The summed E-state index contributed by atoms with van der Waals surface area (Å²) in [5.74, 6) is 0.302. The van der Waals surface area contributed by atoms with Crippen LogP contribution in [0.15, 0.2) is 54.6 Å². The van der Waals surface area contributed by atoms with Gasteiger partial charge < -0.3 is 15.5 Å². The molecule has 0 aliphatic carbocycles. The predicted molar refractivity (Wildman–Crippen MR) is 176 cm³/mol. The van der Waals surface area contributed by atoms with Crippen LogP contribution in [0.5, 0.6) is 0 Å². The van der Waals surface area contributed by atoms with E-state index in [1.165, 1.54) is 24.0 Å². The number of pyridine rings is 1. The summed E-state index contributed by atoms with van der Waals surface area (Å²) < 4.78 is 0. The Bertz CT molecular complexity index is 1400. The third kappa shape index (κ3) is 8.22. The van der Waals surface area contributed by atoms with E-state index in [2.05, 4.69) is 45.6 Å². The summed E-state index contributed by atoms with van der Waals surface area (Å²) in [5.41, 5.74) is 5.78. The number of anilines is 1. The second kappa shape index (κ2) is 15.5. The van der Waals surface area contributed by atoms with Crippen LogP contribution in [0.1, 0.15) is 83.4 Å². The molecule has 5 rings (SSSR count). The van der Waals surface area contributed by atoms with Crippen LogP contribution in [0.4, 0.5) is 5.82 Å². The van der Waals surface area contributed by atoms with Crippen LogP contribution in [-0.2, 0) is 17.8 Å². The normalized spacial score (nSPS) is 16.9. The first-order chi connectivity index (χ1) is 20.7. The molecular weight excluding hydrogens is 558 g/mol. The fraction of sp³-hybridized carbons (Fsp3) is 0.457. The number of unbranched alkanes of at least 4 members (excludes halogenated alkanes) is 2. The molecule has 0 saturated carbocycles. The SMILES string of the molecule is CCCCCc1cc(C)nc(NC(=O)C2c3ccccc3C(=O)N2C2CCN(Cc3ccc(Cl)c(C)c3)CC2)c1.CNC. The number of nitrogens with zero attached hydrogens (tertiary/aromatic N) is 3. The maximum atomic E-state index is 13.9. The molecule has 1 aromatic heterocycles. The zero-order valence-electron chi connectivity index (χ0n) is 26.3. The van der Waals surface area contributed by atoms with Crippen LogP contribution in [0.2, 0.25) is 5.02 Å². The molecule has 2 aliphatic heterocycles. The highest BCUT2D eigenvalue weighted by molar-refractivity contribution is 6.31. The third-order valence-electron chi connectivity index (χ3n) is 8.16. The Balaban J connectivity index is 0.00000135. The summed E-state index contributed by atoms with van der Waals surface area (Å²) in [6.07, 6.45) is 6.06. The maximum Gasteiger partial charge on any atom is 0.255 e. The minimum absolute atomic E-state index is 0.00562. The zero-order valence-corrected chi connectivity index (χ0v) is 27.0. The van der Waals surface area contributed by atoms with Gasteiger partial charge in [-0.15, -0.1) is 0 Å². The van der Waals surface area contributed by atoms with Gasteiger partial charge in [0.25, 0.3) is 11.8 Å². The zero-order chi connectivity index (χ0) is 30.9. The van der Waals surface area contributed by atoms with Crippen LogP contribution in [0.3, 0.4) is 0 Å². The third-order valence-corrected chi connectivity index (χ3v) is 8.58. The van der Waals surface area contributed by atoms with Gasteiger partial charge in [0.2, 0.25) is 0 Å². The number of hydrogen-bond acceptors (Lipinski definition) is 5. The number of aromatic nitrogens is 1. The number of amides is 2. The maximum absolute atomic E-state index is 13.9. The molecule has 2 aliphatic rings. The number of carbonyl (C=O) groups is 2. The van der Waals surface area contributed by atoms with Crippen molar-refractivity contribution in [3.63, 3.8) is 0 Å². The average Bonchev–Trinajstić information content (AvgIpc) is 3.28. The van der Waals surface area contributed by atoms with Crippen molar-refractivity contribution in [3.05, 3.63) is 93.1 Å². The van der Waals surface area contributed by atoms with Gasteiger partial charge in [0.15, 0.2) is 0 Å². The summed E-state index contributed by atoms with van der Waals surface area (Å²) in [4.78, 5) is 36.4. The van der Waals surface area contributed by atoms with Gasteiger partial charge in [-0.3, -0.25) is 14.5 Å². The van der Waals surface area contributed by atoms with Crippen molar-refractivity contribution in [2.75, 3.05) is 32.5 Å². The first-order valence-corrected chi connectivity index (χ1v) is 15.9. The number of fused-ring (bicyclic) bond motifs is 1. The minimum atomic E-state index is -0.662. The molecule has 1 unspecified atom stereocenters. The second-order valence-corrected chi connectivity index (χ2v) is 12.1. The Morgan fingerprint density at radius 1 is 1.00 bits per heavy atom. The summed E-state index contributed by atoms with van der Waals surface area (Å²) in [6, 6.07) is 17.1. The molecule has 43 heavy (non-hydrogen) atoms. The van der Waals surface area contributed by atoms with E-state index in [9.17, 15) is 9.59 Å². The van der Waals surface area contributed by atoms with E-state index in [1.807, 2.05) is 69.2 Å². The highest BCUT2D eigenvalue weighted by atomic mass is 35.5. The monoisotopic (exact) mass is 603 g/mol. The standard InChI is InChI=1S/C33H39ClN4O2.C2H7N/c1-4-5-6-9-24-19-23(3)35-30(20-24)36-32(39)31-27-10-7-8-11-28(27)33(40)38(31)26-14-16-37(17-15-26)21-25-12-13-29(34)22(2)18-25;1-3-2/h7-8,10-13,18-20,26,31H,4-6,9,14-17,21H2,1-3H3,(H,35,36,39);3H,1-2H3.